The second-order valence-corrected chi connectivity index (χ2v) is 15.9. The van der Waals surface area contributed by atoms with Gasteiger partial charge in [0.2, 0.25) is 0 Å². The fraction of sp³-hybridized carbons (Fsp3) is 0.739. The van der Waals surface area contributed by atoms with Crippen LogP contribution < -0.4 is 0 Å². The lowest BCUT2D eigenvalue weighted by atomic mass is 10.0. The van der Waals surface area contributed by atoms with Crippen LogP contribution in [0.2, 0.25) is 0 Å². The van der Waals surface area contributed by atoms with Gasteiger partial charge in [-0.2, -0.15) is 0 Å². The van der Waals surface area contributed by atoms with E-state index in [1.807, 2.05) is 0 Å². The number of phosphoric acid groups is 1. The van der Waals surface area contributed by atoms with Gasteiger partial charge in [-0.15, -0.1) is 0 Å². The number of allylic oxidation sites excluding steroid dienone is 10. The molecule has 0 radical (unpaired) electrons. The lowest BCUT2D eigenvalue weighted by molar-refractivity contribution is -0.161. The largest absolute Gasteiger partial charge is 0.469 e. The number of rotatable bonds is 40. The van der Waals surface area contributed by atoms with Gasteiger partial charge >= 0.3 is 19.8 Å². The molecule has 0 fully saturated rings. The number of hydrogen-bond donors (Lipinski definition) is 2. The van der Waals surface area contributed by atoms with Crippen LogP contribution in [0.25, 0.3) is 0 Å². The van der Waals surface area contributed by atoms with Crippen molar-refractivity contribution in [3.63, 3.8) is 0 Å². The van der Waals surface area contributed by atoms with Crippen LogP contribution in [0.3, 0.4) is 0 Å². The van der Waals surface area contributed by atoms with Crippen LogP contribution in [0.4, 0.5) is 0 Å². The van der Waals surface area contributed by atoms with E-state index in [-0.39, 0.29) is 19.4 Å². The molecule has 0 aromatic rings. The number of phosphoric ester groups is 1. The lowest BCUT2D eigenvalue weighted by Crippen LogP contribution is -2.29. The smallest absolute Gasteiger partial charge is 0.462 e. The summed E-state index contributed by atoms with van der Waals surface area (Å²) in [6.07, 6.45) is 52.3. The van der Waals surface area contributed by atoms with Gasteiger partial charge in [0.15, 0.2) is 6.10 Å². The number of unbranched alkanes of at least 4 members (excludes halogenated alkanes) is 20. The zero-order valence-electron chi connectivity index (χ0n) is 35.1. The quantitative estimate of drug-likeness (QED) is 0.0272. The molecule has 0 unspecified atom stereocenters. The van der Waals surface area contributed by atoms with E-state index in [0.717, 1.165) is 70.6 Å². The standard InChI is InChI=1S/C46H81O8P/c1-3-5-7-9-11-13-15-17-19-21-23-25-26-28-30-32-34-36-38-40-45(47)52-42-44(43-53-55(49,50)51)54-46(48)41-39-37-35-33-31-29-27-24-22-20-18-16-14-12-10-8-6-4-2/h5,7,11,13,17,19,23,25,28,30,44H,3-4,6,8-10,12,14-16,18,20-22,24,26-27,29,31-43H2,1-2H3,(H2,49,50,51)/b7-5+,13-11+,19-17+,25-23+,30-28+/t44-/m1/s1. The minimum atomic E-state index is -4.76. The molecule has 318 valence electrons. The summed E-state index contributed by atoms with van der Waals surface area (Å²) in [5, 5.41) is 0. The van der Waals surface area contributed by atoms with Crippen molar-refractivity contribution >= 4 is 19.8 Å². The fourth-order valence-electron chi connectivity index (χ4n) is 6.05. The first-order valence-electron chi connectivity index (χ1n) is 22.1. The second kappa shape index (κ2) is 41.4. The Hall–Kier alpha value is -2.25. The Balaban J connectivity index is 3.95. The minimum absolute atomic E-state index is 0.205. The zero-order valence-corrected chi connectivity index (χ0v) is 36.0. The molecule has 0 heterocycles. The summed E-state index contributed by atoms with van der Waals surface area (Å²) in [4.78, 5) is 42.9. The summed E-state index contributed by atoms with van der Waals surface area (Å²) >= 11 is 0. The van der Waals surface area contributed by atoms with E-state index in [1.165, 1.54) is 89.9 Å². The van der Waals surface area contributed by atoms with Gasteiger partial charge in [-0.25, -0.2) is 4.57 Å². The number of esters is 2. The van der Waals surface area contributed by atoms with Crippen LogP contribution in [0.5, 0.6) is 0 Å². The van der Waals surface area contributed by atoms with Crippen molar-refractivity contribution in [2.75, 3.05) is 13.2 Å². The van der Waals surface area contributed by atoms with Crippen LogP contribution in [0.1, 0.15) is 200 Å². The maximum Gasteiger partial charge on any atom is 0.469 e. The summed E-state index contributed by atoms with van der Waals surface area (Å²) in [7, 11) is -4.76. The zero-order chi connectivity index (χ0) is 40.3. The van der Waals surface area contributed by atoms with Gasteiger partial charge < -0.3 is 19.3 Å². The van der Waals surface area contributed by atoms with Crippen LogP contribution in [0, 0.1) is 0 Å². The van der Waals surface area contributed by atoms with Crippen molar-refractivity contribution in [3.05, 3.63) is 60.8 Å². The molecule has 1 atom stereocenters. The van der Waals surface area contributed by atoms with Crippen molar-refractivity contribution in [1.82, 2.24) is 0 Å². The molecule has 0 spiro atoms. The molecule has 0 saturated carbocycles. The number of carbonyl (C=O) groups is 2. The van der Waals surface area contributed by atoms with Crippen LogP contribution >= 0.6 is 7.82 Å². The van der Waals surface area contributed by atoms with Gasteiger partial charge in [-0.1, -0.05) is 190 Å². The SMILES string of the molecule is CC/C=C/C/C=C/C/C=C/C/C=C/C/C=C/CCCCCC(=O)OC[C@H](COP(=O)(O)O)OC(=O)CCCCCCCCCCCCCCCCCCCC. The Kier molecular flexibility index (Phi) is 39.7. The highest BCUT2D eigenvalue weighted by atomic mass is 31.2. The van der Waals surface area contributed by atoms with Crippen LogP contribution in [0.15, 0.2) is 60.8 Å². The van der Waals surface area contributed by atoms with Gasteiger partial charge in [-0.3, -0.25) is 14.1 Å². The lowest BCUT2D eigenvalue weighted by Gasteiger charge is -2.18. The van der Waals surface area contributed by atoms with E-state index < -0.39 is 32.5 Å². The summed E-state index contributed by atoms with van der Waals surface area (Å²) in [6, 6.07) is 0. The average molecular weight is 793 g/mol. The van der Waals surface area contributed by atoms with E-state index in [9.17, 15) is 14.2 Å². The number of ether oxygens (including phenoxy) is 2. The predicted octanol–water partition coefficient (Wildman–Crippen LogP) is 13.7. The van der Waals surface area contributed by atoms with Crippen molar-refractivity contribution in [2.45, 2.75) is 206 Å². The van der Waals surface area contributed by atoms with Crippen molar-refractivity contribution in [2.24, 2.45) is 0 Å². The molecule has 2 N–H and O–H groups in total. The molecule has 0 aliphatic carbocycles. The third-order valence-corrected chi connectivity index (χ3v) is 9.79. The minimum Gasteiger partial charge on any atom is -0.462 e. The molecule has 0 aliphatic heterocycles. The van der Waals surface area contributed by atoms with E-state index in [4.69, 9.17) is 19.3 Å². The molecule has 9 heteroatoms. The molecule has 0 aliphatic rings. The summed E-state index contributed by atoms with van der Waals surface area (Å²) in [5.41, 5.74) is 0. The maximum absolute atomic E-state index is 12.4. The normalized spacial score (nSPS) is 13.0. The van der Waals surface area contributed by atoms with E-state index >= 15 is 0 Å². The Morgan fingerprint density at radius 2 is 0.873 bits per heavy atom. The highest BCUT2D eigenvalue weighted by molar-refractivity contribution is 7.46. The number of hydrogen-bond acceptors (Lipinski definition) is 6. The van der Waals surface area contributed by atoms with Gasteiger partial charge in [0.05, 0.1) is 6.61 Å². The molecule has 55 heavy (non-hydrogen) atoms. The van der Waals surface area contributed by atoms with Crippen molar-refractivity contribution < 1.29 is 37.9 Å². The predicted molar refractivity (Wildman–Crippen MR) is 230 cm³/mol. The van der Waals surface area contributed by atoms with Gasteiger partial charge in [-0.05, 0) is 57.8 Å². The molecule has 0 bridgehead atoms. The van der Waals surface area contributed by atoms with E-state index in [0.29, 0.717) is 12.8 Å². The summed E-state index contributed by atoms with van der Waals surface area (Å²) < 4.78 is 26.4. The van der Waals surface area contributed by atoms with Crippen molar-refractivity contribution in [3.8, 4) is 0 Å². The highest BCUT2D eigenvalue weighted by Gasteiger charge is 2.22. The molecular formula is C46H81O8P. The summed E-state index contributed by atoms with van der Waals surface area (Å²) in [5.74, 6) is -0.919. The van der Waals surface area contributed by atoms with Gasteiger partial charge in [0.1, 0.15) is 6.61 Å². The van der Waals surface area contributed by atoms with Gasteiger partial charge in [0, 0.05) is 12.8 Å². The fourth-order valence-corrected chi connectivity index (χ4v) is 6.41. The monoisotopic (exact) mass is 793 g/mol. The Morgan fingerprint density at radius 1 is 0.491 bits per heavy atom. The molecule has 0 saturated heterocycles. The van der Waals surface area contributed by atoms with Crippen molar-refractivity contribution in [1.29, 1.82) is 0 Å². The Labute approximate surface area is 337 Å². The maximum atomic E-state index is 12.4. The van der Waals surface area contributed by atoms with E-state index in [2.05, 4.69) is 79.1 Å². The van der Waals surface area contributed by atoms with Crippen LogP contribution in [-0.2, 0) is 28.2 Å². The first-order chi connectivity index (χ1) is 26.8. The Bertz CT molecular complexity index is 1070. The molecule has 0 amide bonds. The van der Waals surface area contributed by atoms with Gasteiger partial charge in [0.25, 0.3) is 0 Å². The summed E-state index contributed by atoms with van der Waals surface area (Å²) in [6.45, 7) is 3.56. The molecule has 8 nitrogen and oxygen atoms in total. The topological polar surface area (TPSA) is 119 Å². The molecule has 0 rings (SSSR count). The third kappa shape index (κ3) is 44.3. The molecule has 0 aromatic carbocycles. The van der Waals surface area contributed by atoms with Crippen LogP contribution in [-0.4, -0.2) is 41.0 Å². The first-order valence-corrected chi connectivity index (χ1v) is 23.6. The second-order valence-electron chi connectivity index (χ2n) is 14.6. The number of carbonyl (C=O) groups excluding carboxylic acids is 2. The molecule has 0 aromatic heterocycles. The first kappa shape index (κ1) is 52.8. The Morgan fingerprint density at radius 3 is 1.31 bits per heavy atom. The average Bonchev–Trinajstić information content (AvgIpc) is 3.16. The third-order valence-electron chi connectivity index (χ3n) is 9.30. The van der Waals surface area contributed by atoms with E-state index in [1.54, 1.807) is 0 Å². The molecular weight excluding hydrogens is 711 g/mol. The highest BCUT2D eigenvalue weighted by Crippen LogP contribution is 2.36.